The summed E-state index contributed by atoms with van der Waals surface area (Å²) in [5, 5.41) is 3.04. The number of carbonyl (C=O) groups is 1. The van der Waals surface area contributed by atoms with Crippen LogP contribution in [0.5, 0.6) is 0 Å². The summed E-state index contributed by atoms with van der Waals surface area (Å²) in [6.07, 6.45) is 0.689. The predicted octanol–water partition coefficient (Wildman–Crippen LogP) is 3.63. The van der Waals surface area contributed by atoms with Crippen molar-refractivity contribution in [1.29, 1.82) is 0 Å². The minimum absolute atomic E-state index is 0.168. The van der Waals surface area contributed by atoms with E-state index in [1.165, 1.54) is 23.5 Å². The Hall–Kier alpha value is -1.46. The van der Waals surface area contributed by atoms with Gasteiger partial charge in [-0.05, 0) is 24.6 Å². The lowest BCUT2D eigenvalue weighted by atomic mass is 10.1. The van der Waals surface area contributed by atoms with Crippen LogP contribution >= 0.6 is 22.9 Å². The number of thiazole rings is 1. The highest BCUT2D eigenvalue weighted by molar-refractivity contribution is 7.09. The highest BCUT2D eigenvalue weighted by atomic mass is 35.5. The third-order valence-corrected chi connectivity index (χ3v) is 3.84. The molecule has 0 fully saturated rings. The van der Waals surface area contributed by atoms with E-state index < -0.39 is 0 Å². The molecule has 1 aromatic heterocycles. The quantitative estimate of drug-likeness (QED) is 0.791. The average molecular weight is 314 g/mol. The molecule has 2 rings (SSSR count). The van der Waals surface area contributed by atoms with E-state index in [2.05, 4.69) is 4.98 Å². The predicted molar refractivity (Wildman–Crippen MR) is 76.7 cm³/mol. The van der Waals surface area contributed by atoms with Crippen LogP contribution in [0, 0.1) is 5.82 Å². The van der Waals surface area contributed by atoms with Crippen molar-refractivity contribution in [2.75, 3.05) is 6.61 Å². The second-order valence-electron chi connectivity index (χ2n) is 4.13. The van der Waals surface area contributed by atoms with Gasteiger partial charge in [-0.15, -0.1) is 11.3 Å². The molecular weight excluding hydrogens is 301 g/mol. The first-order chi connectivity index (χ1) is 9.58. The largest absolute Gasteiger partial charge is 0.466 e. The molecule has 0 aliphatic rings. The number of esters is 1. The van der Waals surface area contributed by atoms with Crippen molar-refractivity contribution in [3.8, 4) is 0 Å². The molecule has 0 unspecified atom stereocenters. The lowest BCUT2D eigenvalue weighted by molar-refractivity contribution is -0.142. The summed E-state index contributed by atoms with van der Waals surface area (Å²) >= 11 is 7.42. The minimum Gasteiger partial charge on any atom is -0.466 e. The van der Waals surface area contributed by atoms with Crippen LogP contribution < -0.4 is 0 Å². The van der Waals surface area contributed by atoms with E-state index in [0.29, 0.717) is 23.7 Å². The van der Waals surface area contributed by atoms with Crippen molar-refractivity contribution in [2.45, 2.75) is 19.8 Å². The maximum absolute atomic E-state index is 13.0. The monoisotopic (exact) mass is 313 g/mol. The van der Waals surface area contributed by atoms with Gasteiger partial charge in [0, 0.05) is 16.8 Å². The zero-order valence-corrected chi connectivity index (χ0v) is 12.4. The summed E-state index contributed by atoms with van der Waals surface area (Å²) in [7, 11) is 0. The molecule has 1 heterocycles. The highest BCUT2D eigenvalue weighted by Crippen LogP contribution is 2.22. The number of ether oxygens (including phenoxy) is 1. The third kappa shape index (κ3) is 4.02. The fraction of sp³-hybridized carbons (Fsp3) is 0.286. The van der Waals surface area contributed by atoms with Crippen molar-refractivity contribution in [2.24, 2.45) is 0 Å². The number of rotatable bonds is 5. The van der Waals surface area contributed by atoms with Crippen molar-refractivity contribution in [1.82, 2.24) is 4.98 Å². The van der Waals surface area contributed by atoms with Crippen LogP contribution in [0.4, 0.5) is 4.39 Å². The van der Waals surface area contributed by atoms with E-state index in [-0.39, 0.29) is 18.2 Å². The topological polar surface area (TPSA) is 39.2 Å². The summed E-state index contributed by atoms with van der Waals surface area (Å²) in [4.78, 5) is 15.7. The summed E-state index contributed by atoms with van der Waals surface area (Å²) in [5.41, 5.74) is 1.49. The van der Waals surface area contributed by atoms with Gasteiger partial charge in [0.2, 0.25) is 0 Å². The molecule has 6 heteroatoms. The molecule has 0 saturated carbocycles. The Morgan fingerprint density at radius 2 is 2.30 bits per heavy atom. The van der Waals surface area contributed by atoms with Crippen molar-refractivity contribution in [3.05, 3.63) is 50.7 Å². The maximum atomic E-state index is 13.0. The highest BCUT2D eigenvalue weighted by Gasteiger charge is 2.10. The molecule has 0 radical (unpaired) electrons. The van der Waals surface area contributed by atoms with Crippen LogP contribution in [0.15, 0.2) is 23.6 Å². The zero-order valence-electron chi connectivity index (χ0n) is 10.9. The van der Waals surface area contributed by atoms with Crippen LogP contribution in [-0.4, -0.2) is 17.6 Å². The van der Waals surface area contributed by atoms with Gasteiger partial charge >= 0.3 is 5.97 Å². The van der Waals surface area contributed by atoms with Gasteiger partial charge in [0.25, 0.3) is 0 Å². The van der Waals surface area contributed by atoms with E-state index in [4.69, 9.17) is 16.3 Å². The lowest BCUT2D eigenvalue weighted by Crippen LogP contribution is -2.07. The van der Waals surface area contributed by atoms with E-state index in [0.717, 1.165) is 10.6 Å². The van der Waals surface area contributed by atoms with Crippen LogP contribution in [0.2, 0.25) is 5.02 Å². The molecule has 3 nitrogen and oxygen atoms in total. The number of halogens is 2. The normalized spacial score (nSPS) is 10.6. The number of hydrogen-bond acceptors (Lipinski definition) is 4. The van der Waals surface area contributed by atoms with Gasteiger partial charge in [0.05, 0.1) is 23.7 Å². The molecule has 0 spiro atoms. The molecule has 106 valence electrons. The molecule has 0 amide bonds. The SMILES string of the molecule is CCOC(=O)Cc1csc(Cc2ccc(F)cc2Cl)n1. The number of benzene rings is 1. The fourth-order valence-corrected chi connectivity index (χ4v) is 2.75. The molecule has 0 aliphatic heterocycles. The molecule has 0 N–H and O–H groups in total. The van der Waals surface area contributed by atoms with Crippen LogP contribution in [0.25, 0.3) is 0 Å². The maximum Gasteiger partial charge on any atom is 0.311 e. The van der Waals surface area contributed by atoms with Gasteiger partial charge < -0.3 is 4.74 Å². The summed E-state index contributed by atoms with van der Waals surface area (Å²) in [5.74, 6) is -0.648. The molecule has 2 aromatic rings. The van der Waals surface area contributed by atoms with Gasteiger partial charge in [0.1, 0.15) is 5.82 Å². The molecule has 0 aliphatic carbocycles. The number of aromatic nitrogens is 1. The average Bonchev–Trinajstić information content (AvgIpc) is 2.80. The van der Waals surface area contributed by atoms with Gasteiger partial charge in [-0.3, -0.25) is 4.79 Å². The number of hydrogen-bond donors (Lipinski definition) is 0. The molecule has 0 atom stereocenters. The van der Waals surface area contributed by atoms with Gasteiger partial charge in [-0.2, -0.15) is 0 Å². The molecule has 0 bridgehead atoms. The molecule has 20 heavy (non-hydrogen) atoms. The van der Waals surface area contributed by atoms with Gasteiger partial charge in [0.15, 0.2) is 0 Å². The minimum atomic E-state index is -0.360. The third-order valence-electron chi connectivity index (χ3n) is 2.59. The standard InChI is InChI=1S/C14H13ClFNO2S/c1-2-19-14(18)7-11-8-20-13(17-11)5-9-3-4-10(16)6-12(9)15/h3-4,6,8H,2,5,7H2,1H3. The Kier molecular flexibility index (Phi) is 5.09. The summed E-state index contributed by atoms with van der Waals surface area (Å²) in [6.45, 7) is 2.13. The van der Waals surface area contributed by atoms with Gasteiger partial charge in [-0.25, -0.2) is 9.37 Å². The summed E-state index contributed by atoms with van der Waals surface area (Å²) < 4.78 is 17.8. The summed E-state index contributed by atoms with van der Waals surface area (Å²) in [6, 6.07) is 4.29. The van der Waals surface area contributed by atoms with Gasteiger partial charge in [-0.1, -0.05) is 17.7 Å². The Bertz CT molecular complexity index is 615. The van der Waals surface area contributed by atoms with Crippen LogP contribution in [0.1, 0.15) is 23.2 Å². The van der Waals surface area contributed by atoms with Crippen LogP contribution in [0.3, 0.4) is 0 Å². The molecule has 0 saturated heterocycles. The van der Waals surface area contributed by atoms with Crippen molar-refractivity contribution in [3.63, 3.8) is 0 Å². The number of carbonyl (C=O) groups excluding carboxylic acids is 1. The zero-order chi connectivity index (χ0) is 14.5. The van der Waals surface area contributed by atoms with Crippen molar-refractivity contribution >= 4 is 28.9 Å². The van der Waals surface area contributed by atoms with E-state index in [1.54, 1.807) is 13.0 Å². The molecule has 1 aromatic carbocycles. The van der Waals surface area contributed by atoms with Crippen molar-refractivity contribution < 1.29 is 13.9 Å². The Morgan fingerprint density at radius 3 is 3.00 bits per heavy atom. The smallest absolute Gasteiger partial charge is 0.311 e. The Morgan fingerprint density at radius 1 is 1.50 bits per heavy atom. The Balaban J connectivity index is 2.04. The first kappa shape index (κ1) is 14.9. The van der Waals surface area contributed by atoms with E-state index in [1.807, 2.05) is 5.38 Å². The second kappa shape index (κ2) is 6.81. The lowest BCUT2D eigenvalue weighted by Gasteiger charge is -2.01. The molecular formula is C14H13ClFNO2S. The first-order valence-electron chi connectivity index (χ1n) is 6.11. The second-order valence-corrected chi connectivity index (χ2v) is 5.48. The van der Waals surface area contributed by atoms with E-state index in [9.17, 15) is 9.18 Å². The Labute approximate surface area is 125 Å². The van der Waals surface area contributed by atoms with Crippen LogP contribution in [-0.2, 0) is 22.4 Å². The fourth-order valence-electron chi connectivity index (χ4n) is 1.70. The van der Waals surface area contributed by atoms with E-state index >= 15 is 0 Å². The first-order valence-corrected chi connectivity index (χ1v) is 7.37. The number of nitrogens with zero attached hydrogens (tertiary/aromatic N) is 1.